The van der Waals surface area contributed by atoms with Gasteiger partial charge in [0, 0.05) is 30.8 Å². The van der Waals surface area contributed by atoms with Gasteiger partial charge in [0.05, 0.1) is 11.7 Å². The van der Waals surface area contributed by atoms with Crippen LogP contribution >= 0.6 is 43.2 Å². The van der Waals surface area contributed by atoms with E-state index in [1.54, 1.807) is 11.3 Å². The van der Waals surface area contributed by atoms with Crippen molar-refractivity contribution in [3.63, 3.8) is 0 Å². The number of anilines is 2. The zero-order chi connectivity index (χ0) is 19.5. The van der Waals surface area contributed by atoms with Gasteiger partial charge in [-0.2, -0.15) is 0 Å². The van der Waals surface area contributed by atoms with Crippen molar-refractivity contribution < 1.29 is 4.79 Å². The highest BCUT2D eigenvalue weighted by Gasteiger charge is 2.30. The van der Waals surface area contributed by atoms with Gasteiger partial charge in [0.1, 0.15) is 0 Å². The highest BCUT2D eigenvalue weighted by atomic mass is 79.9. The Morgan fingerprint density at radius 2 is 1.54 bits per heavy atom. The normalized spacial score (nSPS) is 17.6. The molecule has 0 bridgehead atoms. The van der Waals surface area contributed by atoms with E-state index in [0.717, 1.165) is 30.8 Å². The Balaban J connectivity index is 1.63. The van der Waals surface area contributed by atoms with E-state index >= 15 is 0 Å². The zero-order valence-corrected chi connectivity index (χ0v) is 18.6. The number of carbonyl (C=O) groups is 1. The molecule has 6 heteroatoms. The summed E-state index contributed by atoms with van der Waals surface area (Å²) in [6.45, 7) is 0. The van der Waals surface area contributed by atoms with Gasteiger partial charge < -0.3 is 10.6 Å². The second-order valence-electron chi connectivity index (χ2n) is 6.29. The molecule has 0 spiro atoms. The average molecular weight is 516 g/mol. The number of carbonyl (C=O) groups excluding carboxylic acids is 1. The predicted molar refractivity (Wildman–Crippen MR) is 125 cm³/mol. The lowest BCUT2D eigenvalue weighted by molar-refractivity contribution is -0.111. The Morgan fingerprint density at radius 1 is 0.893 bits per heavy atom. The number of rotatable bonds is 5. The molecule has 0 radical (unpaired) electrons. The third kappa shape index (κ3) is 4.46. The number of Topliss-reactive ketones (excluding diaryl/α,β-unsaturated/α-hetero) is 1. The number of ketones is 1. The molecule has 1 aromatic heterocycles. The van der Waals surface area contributed by atoms with Crippen LogP contribution in [0, 0.1) is 0 Å². The van der Waals surface area contributed by atoms with Crippen molar-refractivity contribution >= 4 is 66.4 Å². The number of hydrogen-bond acceptors (Lipinski definition) is 4. The lowest BCUT2D eigenvalue weighted by Gasteiger charge is -2.14. The SMILES string of the molecule is O=C1C(Nc2ccc(Br)cc2)=CC(Nc2ccc(Br)cc2)/C1=C/c1cccs1. The summed E-state index contributed by atoms with van der Waals surface area (Å²) in [4.78, 5) is 14.2. The molecule has 3 nitrogen and oxygen atoms in total. The number of hydrogen-bond donors (Lipinski definition) is 2. The van der Waals surface area contributed by atoms with Gasteiger partial charge in [-0.05, 0) is 72.1 Å². The summed E-state index contributed by atoms with van der Waals surface area (Å²) in [5, 5.41) is 8.73. The lowest BCUT2D eigenvalue weighted by Crippen LogP contribution is -2.19. The van der Waals surface area contributed by atoms with Crippen LogP contribution in [0.15, 0.2) is 92.3 Å². The molecule has 4 rings (SSSR count). The second-order valence-corrected chi connectivity index (χ2v) is 9.10. The van der Waals surface area contributed by atoms with Gasteiger partial charge in [-0.1, -0.05) is 37.9 Å². The molecular formula is C22H16Br2N2OS. The predicted octanol–water partition coefficient (Wildman–Crippen LogP) is 6.72. The number of allylic oxidation sites excluding steroid dienone is 1. The van der Waals surface area contributed by atoms with Crippen molar-refractivity contribution in [3.8, 4) is 0 Å². The molecular weight excluding hydrogens is 500 g/mol. The summed E-state index contributed by atoms with van der Waals surface area (Å²) in [6, 6.07) is 19.5. The van der Waals surface area contributed by atoms with Crippen molar-refractivity contribution in [1.82, 2.24) is 0 Å². The van der Waals surface area contributed by atoms with Crippen molar-refractivity contribution in [1.29, 1.82) is 0 Å². The van der Waals surface area contributed by atoms with Crippen LogP contribution in [0.3, 0.4) is 0 Å². The highest BCUT2D eigenvalue weighted by molar-refractivity contribution is 9.10. The molecule has 1 aliphatic rings. The van der Waals surface area contributed by atoms with Crippen LogP contribution in [0.4, 0.5) is 11.4 Å². The third-order valence-corrected chi connectivity index (χ3v) is 6.18. The molecule has 3 aromatic rings. The Bertz CT molecular complexity index is 1040. The maximum atomic E-state index is 13.1. The minimum atomic E-state index is -0.200. The molecule has 1 heterocycles. The maximum absolute atomic E-state index is 13.1. The van der Waals surface area contributed by atoms with Crippen LogP contribution in [0.5, 0.6) is 0 Å². The first-order valence-electron chi connectivity index (χ1n) is 8.65. The van der Waals surface area contributed by atoms with Crippen molar-refractivity contribution in [2.75, 3.05) is 10.6 Å². The summed E-state index contributed by atoms with van der Waals surface area (Å²) in [7, 11) is 0. The topological polar surface area (TPSA) is 41.1 Å². The van der Waals surface area contributed by atoms with E-state index in [1.165, 1.54) is 0 Å². The van der Waals surface area contributed by atoms with Crippen LogP contribution in [0.1, 0.15) is 4.88 Å². The van der Waals surface area contributed by atoms with Gasteiger partial charge >= 0.3 is 0 Å². The fraction of sp³-hybridized carbons (Fsp3) is 0.0455. The van der Waals surface area contributed by atoms with Gasteiger partial charge in [-0.3, -0.25) is 4.79 Å². The van der Waals surface area contributed by atoms with E-state index in [0.29, 0.717) is 5.70 Å². The zero-order valence-electron chi connectivity index (χ0n) is 14.7. The van der Waals surface area contributed by atoms with E-state index in [1.807, 2.05) is 78.2 Å². The Kier molecular flexibility index (Phi) is 5.80. The Hall–Kier alpha value is -2.15. The van der Waals surface area contributed by atoms with E-state index in [4.69, 9.17) is 0 Å². The van der Waals surface area contributed by atoms with Crippen molar-refractivity contribution in [2.45, 2.75) is 6.04 Å². The quantitative estimate of drug-likeness (QED) is 0.371. The number of benzene rings is 2. The Labute approximate surface area is 184 Å². The third-order valence-electron chi connectivity index (χ3n) is 4.31. The van der Waals surface area contributed by atoms with E-state index in [9.17, 15) is 4.79 Å². The first-order chi connectivity index (χ1) is 13.6. The van der Waals surface area contributed by atoms with Gasteiger partial charge in [0.25, 0.3) is 0 Å². The molecule has 2 N–H and O–H groups in total. The van der Waals surface area contributed by atoms with E-state index in [2.05, 4.69) is 42.5 Å². The van der Waals surface area contributed by atoms with Crippen LogP contribution in [-0.4, -0.2) is 11.8 Å². The van der Waals surface area contributed by atoms with Gasteiger partial charge in [-0.25, -0.2) is 0 Å². The first kappa shape index (κ1) is 19.2. The molecule has 0 aliphatic heterocycles. The van der Waals surface area contributed by atoms with Crippen LogP contribution in [0.2, 0.25) is 0 Å². The van der Waals surface area contributed by atoms with Crippen LogP contribution in [-0.2, 0) is 4.79 Å². The second kappa shape index (κ2) is 8.47. The molecule has 0 saturated carbocycles. The summed E-state index contributed by atoms with van der Waals surface area (Å²) in [5.41, 5.74) is 3.14. The van der Waals surface area contributed by atoms with Gasteiger partial charge in [0.2, 0.25) is 5.78 Å². The standard InChI is InChI=1S/C22H16Br2N2OS/c23-14-3-7-16(8-4-14)25-20-13-21(26-17-9-5-15(24)6-10-17)22(27)19(20)12-18-2-1-11-28-18/h1-13,20,25-26H/b19-12-. The minimum Gasteiger partial charge on any atom is -0.374 e. The Morgan fingerprint density at radius 3 is 2.14 bits per heavy atom. The molecule has 140 valence electrons. The van der Waals surface area contributed by atoms with Gasteiger partial charge in [-0.15, -0.1) is 11.3 Å². The fourth-order valence-corrected chi connectivity index (χ4v) is 4.14. The lowest BCUT2D eigenvalue weighted by atomic mass is 10.1. The largest absolute Gasteiger partial charge is 0.374 e. The summed E-state index contributed by atoms with van der Waals surface area (Å²) < 4.78 is 2.01. The van der Waals surface area contributed by atoms with Crippen LogP contribution < -0.4 is 10.6 Å². The van der Waals surface area contributed by atoms with Gasteiger partial charge in [0.15, 0.2) is 0 Å². The van der Waals surface area contributed by atoms with E-state index in [-0.39, 0.29) is 11.8 Å². The highest BCUT2D eigenvalue weighted by Crippen LogP contribution is 2.29. The first-order valence-corrected chi connectivity index (χ1v) is 11.1. The van der Waals surface area contributed by atoms with E-state index < -0.39 is 0 Å². The smallest absolute Gasteiger partial charge is 0.207 e. The number of nitrogens with one attached hydrogen (secondary N) is 2. The number of halogens is 2. The summed E-state index contributed by atoms with van der Waals surface area (Å²) >= 11 is 8.51. The molecule has 1 aliphatic carbocycles. The monoisotopic (exact) mass is 514 g/mol. The summed E-state index contributed by atoms with van der Waals surface area (Å²) in [6.07, 6.45) is 3.92. The molecule has 2 aromatic carbocycles. The minimum absolute atomic E-state index is 0.00549. The van der Waals surface area contributed by atoms with Crippen LogP contribution in [0.25, 0.3) is 6.08 Å². The molecule has 28 heavy (non-hydrogen) atoms. The maximum Gasteiger partial charge on any atom is 0.207 e. The molecule has 0 amide bonds. The molecule has 0 fully saturated rings. The number of thiophene rings is 1. The molecule has 1 atom stereocenters. The summed E-state index contributed by atoms with van der Waals surface area (Å²) in [5.74, 6) is 0.00549. The average Bonchev–Trinajstić information content (AvgIpc) is 3.30. The van der Waals surface area contributed by atoms with Crippen molar-refractivity contribution in [3.05, 3.63) is 97.2 Å². The molecule has 0 saturated heterocycles. The van der Waals surface area contributed by atoms with Crippen molar-refractivity contribution in [2.24, 2.45) is 0 Å². The molecule has 1 unspecified atom stereocenters. The fourth-order valence-electron chi connectivity index (χ4n) is 2.94.